The lowest BCUT2D eigenvalue weighted by molar-refractivity contribution is -0.265. The number of aromatic nitrogens is 10. The van der Waals surface area contributed by atoms with E-state index >= 15 is 0 Å². The van der Waals surface area contributed by atoms with Crippen LogP contribution in [0, 0.1) is 29.6 Å². The Morgan fingerprint density at radius 3 is 2.34 bits per heavy atom. The number of ether oxygens (including phenoxy) is 7. The third-order valence-electron chi connectivity index (χ3n) is 25.1. The number of aliphatic hydroxyl groups is 3. The molecule has 4 aliphatic heterocycles. The van der Waals surface area contributed by atoms with Crippen LogP contribution in [0.15, 0.2) is 119 Å². The zero-order chi connectivity index (χ0) is 90.4. The molecule has 3 amide bonds. The fourth-order valence-electron chi connectivity index (χ4n) is 17.5. The van der Waals surface area contributed by atoms with Gasteiger partial charge in [-0.1, -0.05) is 87.6 Å². The van der Waals surface area contributed by atoms with E-state index < -0.39 is 95.4 Å². The highest BCUT2D eigenvalue weighted by atomic mass is 16.6. The Hall–Kier alpha value is -10.5. The Labute approximate surface area is 740 Å². The molecule has 686 valence electrons. The van der Waals surface area contributed by atoms with Crippen molar-refractivity contribution in [2.45, 2.75) is 231 Å². The Morgan fingerprint density at radius 1 is 0.772 bits per heavy atom. The Bertz CT molecular complexity index is 5020. The number of piperidine rings is 1. The maximum absolute atomic E-state index is 14.8. The second-order valence-electron chi connectivity index (χ2n) is 34.5. The summed E-state index contributed by atoms with van der Waals surface area (Å²) in [4.78, 5) is 125. The summed E-state index contributed by atoms with van der Waals surface area (Å²) in [6.07, 6.45) is 17.9. The van der Waals surface area contributed by atoms with Crippen molar-refractivity contribution in [3.63, 3.8) is 0 Å². The van der Waals surface area contributed by atoms with Gasteiger partial charge < -0.3 is 90.1 Å². The van der Waals surface area contributed by atoms with Crippen molar-refractivity contribution in [1.29, 1.82) is 0 Å². The smallest absolute Gasteiger partial charge is 0.329 e. The van der Waals surface area contributed by atoms with Crippen LogP contribution in [-0.2, 0) is 92.8 Å². The van der Waals surface area contributed by atoms with Gasteiger partial charge in [-0.3, -0.25) is 28.8 Å². The quantitative estimate of drug-likeness (QED) is 0.0106. The number of esters is 1. The van der Waals surface area contributed by atoms with Crippen LogP contribution in [0.5, 0.6) is 0 Å². The third-order valence-corrected chi connectivity index (χ3v) is 25.1. The predicted octanol–water partition coefficient (Wildman–Crippen LogP) is 7.90. The summed E-state index contributed by atoms with van der Waals surface area (Å²) in [5.41, 5.74) is 26.7. The summed E-state index contributed by atoms with van der Waals surface area (Å²) in [6, 6.07) is 11.3. The molecule has 2 bridgehead atoms. The minimum atomic E-state index is -2.50. The van der Waals surface area contributed by atoms with Crippen LogP contribution in [0.25, 0.3) is 44.5 Å². The van der Waals surface area contributed by atoms with Crippen molar-refractivity contribution in [2.24, 2.45) is 35.3 Å². The van der Waals surface area contributed by atoms with Gasteiger partial charge in [0.15, 0.2) is 17.0 Å². The molecule has 5 aliphatic rings. The van der Waals surface area contributed by atoms with E-state index in [1.807, 2.05) is 91.7 Å². The fourth-order valence-corrected chi connectivity index (χ4v) is 17.5. The number of amides is 3. The standard InChI is InChI=1S/C92H125N17O18/c1-56-17-10-9-11-18-57(2)75(120-7)49-68-26-22-61(6)92(119,127-68)85(116)88(117)108-32-14-12-21-71(108)89(118)125-76(50-72(110)58(3)44-60(5)83(114)84(115)82(113)59(4)43-56)69(93)46-62-23-27-74(77(47-62)121-8)124-54-63-19-16-20-64(45-63)66-51-97-91(98-52-66)106-36-34-105(35-37-106)79(112)29-25-67-53-107(104-102-67)38-40-123-42-41-122-39-30-78(111)96-31-13-15-33-109-87-80(86(94)99-55-100-87)81(103-109)65-24-28-73-70(48-65)101-90(95)126-73/h9-11,16-20,24,28,44-45,48,51-53,55-56,58-59,61-62,68-69,71,74-77,83-84,114-115,119H,12-15,21-23,25-27,29-43,46-47,49-50,54,93H2,1-8H3,(H2,95,101)(H,96,111)(H2,94,99,100)/b11-9?,17-10+,57-18?,60-44+/t56?,58?,59?,61-,62?,68+,69?,71?,74?,75?,76?,77-,83?,84+,92-/m1/s1. The van der Waals surface area contributed by atoms with Gasteiger partial charge in [-0.15, -0.1) is 5.10 Å². The van der Waals surface area contributed by atoms with Gasteiger partial charge in [-0.25, -0.2) is 34.1 Å². The van der Waals surface area contributed by atoms with Crippen molar-refractivity contribution in [1.82, 2.24) is 64.8 Å². The van der Waals surface area contributed by atoms with E-state index in [0.717, 1.165) is 39.1 Å². The molecule has 10 unspecified atom stereocenters. The van der Waals surface area contributed by atoms with Crippen molar-refractivity contribution in [2.75, 3.05) is 96.3 Å². The van der Waals surface area contributed by atoms with Crippen molar-refractivity contribution >= 4 is 81.0 Å². The number of carbonyl (C=O) groups is 7. The largest absolute Gasteiger partial charge is 0.459 e. The number of nitrogens with two attached hydrogens (primary N) is 3. The highest BCUT2D eigenvalue weighted by molar-refractivity contribution is 6.39. The molecule has 9 heterocycles. The molecule has 10 N–H and O–H groups in total. The normalized spacial score (nSPS) is 26.5. The number of allylic oxidation sites excluding steroid dienone is 6. The molecule has 5 aromatic heterocycles. The van der Waals surface area contributed by atoms with Gasteiger partial charge in [0, 0.05) is 146 Å². The molecule has 4 fully saturated rings. The molecule has 7 aromatic rings. The van der Waals surface area contributed by atoms with Crippen molar-refractivity contribution in [3.8, 4) is 22.4 Å². The molecular weight excluding hydrogens is 1630 g/mol. The van der Waals surface area contributed by atoms with Gasteiger partial charge in [-0.05, 0) is 149 Å². The number of nitrogens with one attached hydrogen (secondary N) is 1. The fraction of sp³-hybridized carbons (Fsp3) is 0.576. The number of oxazole rings is 1. The molecule has 1 aliphatic carbocycles. The number of benzene rings is 2. The van der Waals surface area contributed by atoms with Gasteiger partial charge in [0.2, 0.25) is 23.5 Å². The maximum Gasteiger partial charge on any atom is 0.329 e. The first kappa shape index (κ1) is 95.6. The number of piperazine rings is 1. The van der Waals surface area contributed by atoms with Crippen LogP contribution in [0.3, 0.4) is 0 Å². The van der Waals surface area contributed by atoms with Crippen LogP contribution in [-0.4, -0.2) is 256 Å². The maximum atomic E-state index is 14.8. The number of fused-ring (bicyclic) bond motifs is 5. The number of carbonyl (C=O) groups excluding carboxylic acids is 7. The number of rotatable bonds is 28. The molecule has 12 rings (SSSR count). The van der Waals surface area contributed by atoms with Gasteiger partial charge in [0.25, 0.3) is 17.7 Å². The number of ketones is 3. The van der Waals surface area contributed by atoms with E-state index in [1.54, 1.807) is 62.8 Å². The number of aryl methyl sites for hydroxylation is 2. The highest BCUT2D eigenvalue weighted by Crippen LogP contribution is 2.39. The summed E-state index contributed by atoms with van der Waals surface area (Å²) in [5, 5.41) is 51.7. The summed E-state index contributed by atoms with van der Waals surface area (Å²) >= 11 is 0. The monoisotopic (exact) mass is 1760 g/mol. The first-order chi connectivity index (χ1) is 61.1. The van der Waals surface area contributed by atoms with E-state index in [1.165, 1.54) is 19.3 Å². The molecular formula is C92H125N17O18. The van der Waals surface area contributed by atoms with E-state index in [4.69, 9.17) is 69.8 Å². The second kappa shape index (κ2) is 45.5. The SMILES string of the molecule is COC1C[C@@H]2CC[C@@H](C)[C@@](O)(O2)C(=O)C(=O)N2CCCCC2C(=O)OC(C(N)CC2CCC(OCc3cccc(-c4cnc(N5CCN(C(=O)CCc6cn(CCOCCOCCC(=O)NCCCCn7nc(-c8ccc9oc(N)nc9c8)c8c(N)ncnc87)nn6)CC5)nc4)c3)[C@H](OC)C2)CC(=O)C(C)/C=C(\C)C(O)[C@@H](O)C(=O)C(C)CC(C)/C=C/C=CC=C1C. The summed E-state index contributed by atoms with van der Waals surface area (Å²) in [6.45, 7) is 15.6. The van der Waals surface area contributed by atoms with Crippen LogP contribution >= 0.6 is 0 Å². The van der Waals surface area contributed by atoms with E-state index in [-0.39, 0.29) is 99.3 Å². The van der Waals surface area contributed by atoms with Crippen molar-refractivity contribution in [3.05, 3.63) is 126 Å². The van der Waals surface area contributed by atoms with E-state index in [0.29, 0.717) is 182 Å². The lowest BCUT2D eigenvalue weighted by Crippen LogP contribution is -2.61. The van der Waals surface area contributed by atoms with E-state index in [2.05, 4.69) is 35.5 Å². The molecule has 0 radical (unpaired) electrons. The Kier molecular flexibility index (Phi) is 34.3. The molecule has 3 saturated heterocycles. The molecule has 1 saturated carbocycles. The number of methoxy groups -OCH3 is 2. The van der Waals surface area contributed by atoms with Gasteiger partial charge in [0.05, 0.1) is 75.1 Å². The lowest BCUT2D eigenvalue weighted by Gasteiger charge is -2.42. The highest BCUT2D eigenvalue weighted by Gasteiger charge is 2.53. The average Bonchev–Trinajstić information content (AvgIpc) is 1.71. The lowest BCUT2D eigenvalue weighted by atomic mass is 9.80. The minimum absolute atomic E-state index is 0.0134. The molecule has 35 nitrogen and oxygen atoms in total. The molecule has 35 heteroatoms. The number of unbranched alkanes of at least 4 members (excludes halogenated alkanes) is 1. The van der Waals surface area contributed by atoms with Crippen LogP contribution in [0.2, 0.25) is 0 Å². The second-order valence-corrected chi connectivity index (χ2v) is 34.5. The predicted molar refractivity (Wildman–Crippen MR) is 472 cm³/mol. The van der Waals surface area contributed by atoms with E-state index in [9.17, 15) is 48.9 Å². The van der Waals surface area contributed by atoms with Crippen LogP contribution in [0.4, 0.5) is 17.8 Å². The summed E-state index contributed by atoms with van der Waals surface area (Å²) in [5.74, 6) is -8.26. The number of hydrogen-bond donors (Lipinski definition) is 7. The van der Waals surface area contributed by atoms with Crippen molar-refractivity contribution < 1.29 is 86.5 Å². The number of nitrogen functional groups attached to an aromatic ring is 2. The summed E-state index contributed by atoms with van der Waals surface area (Å²) in [7, 11) is 3.19. The Morgan fingerprint density at radius 2 is 1.56 bits per heavy atom. The van der Waals surface area contributed by atoms with Gasteiger partial charge >= 0.3 is 5.97 Å². The number of cyclic esters (lactones) is 1. The zero-order valence-electron chi connectivity index (χ0n) is 74.1. The first-order valence-electron chi connectivity index (χ1n) is 44.6. The van der Waals surface area contributed by atoms with Crippen LogP contribution in [0.1, 0.15) is 156 Å². The molecule has 15 atom stereocenters. The molecule has 0 spiro atoms. The number of nitrogens with zero attached hydrogens (tertiary/aromatic N) is 13. The van der Waals surface area contributed by atoms with Gasteiger partial charge in [-0.2, -0.15) is 10.1 Å². The zero-order valence-corrected chi connectivity index (χ0v) is 74.1. The van der Waals surface area contributed by atoms with Crippen LogP contribution < -0.4 is 27.4 Å². The third kappa shape index (κ3) is 25.3. The average molecular weight is 1760 g/mol. The topological polar surface area (TPSA) is 471 Å². The Balaban J connectivity index is 0.562. The number of Topliss-reactive ketones (excluding diaryl/α,β-unsaturated/α-hetero) is 3. The molecule has 2 aromatic carbocycles. The number of aliphatic hydroxyl groups excluding tert-OH is 2. The first-order valence-corrected chi connectivity index (χ1v) is 44.6. The minimum Gasteiger partial charge on any atom is -0.459 e. The molecule has 127 heavy (non-hydrogen) atoms. The number of hydrogen-bond acceptors (Lipinski definition) is 30. The van der Waals surface area contributed by atoms with Gasteiger partial charge in [0.1, 0.15) is 53.5 Å². The number of anilines is 3. The summed E-state index contributed by atoms with van der Waals surface area (Å²) < 4.78 is 51.5.